The van der Waals surface area contributed by atoms with Crippen LogP contribution in [0.25, 0.3) is 0 Å². The Balaban J connectivity index is 0. The van der Waals surface area contributed by atoms with Crippen molar-refractivity contribution >= 4 is 27.2 Å². The van der Waals surface area contributed by atoms with Gasteiger partial charge in [0.15, 0.2) is 0 Å². The number of carbonyl (C=O) groups excluding carboxylic acids is 1. The van der Waals surface area contributed by atoms with Crippen molar-refractivity contribution in [1.82, 2.24) is 0 Å². The predicted octanol–water partition coefficient (Wildman–Crippen LogP) is -2.48. The minimum Gasteiger partial charge on any atom is -0.772 e. The summed E-state index contributed by atoms with van der Waals surface area (Å²) in [7, 11) is 5.21. The van der Waals surface area contributed by atoms with Gasteiger partial charge in [-0.05, 0) is 0 Å². The molecule has 12 heteroatoms. The van der Waals surface area contributed by atoms with Gasteiger partial charge in [-0.3, -0.25) is 8.76 Å². The Hall–Kier alpha value is -0.0705. The largest absolute Gasteiger partial charge is 3.00 e. The number of carboxylic acid groups (broad SMARTS) is 1. The molecule has 1 N–H and O–H groups in total. The van der Waals surface area contributed by atoms with E-state index in [2.05, 4.69) is 0 Å². The quantitative estimate of drug-likeness (QED) is 0.207. The Morgan fingerprint density at radius 2 is 1.68 bits per heavy atom. The number of aliphatic carboxylic acids is 1. The maximum atomic E-state index is 10.8. The van der Waals surface area contributed by atoms with Gasteiger partial charge < -0.3 is 23.4 Å². The van der Waals surface area contributed by atoms with Crippen LogP contribution in [0.15, 0.2) is 0 Å². The van der Waals surface area contributed by atoms with E-state index in [-0.39, 0.29) is 47.0 Å². The maximum Gasteiger partial charge on any atom is 3.00 e. The number of carbonyl (C=O) groups is 1. The second kappa shape index (κ2) is 10.3. The number of likely N-dealkylation sites (N-methyl/N-ethyl adjacent to an activating group) is 1. The zero-order valence-corrected chi connectivity index (χ0v) is 17.9. The van der Waals surface area contributed by atoms with Crippen LogP contribution >= 0.6 is 0 Å². The molecule has 149 valence electrons. The van der Waals surface area contributed by atoms with Crippen molar-refractivity contribution < 1.29 is 57.7 Å². The third kappa shape index (κ3) is 14.8. The molecule has 0 aromatic heterocycles. The Kier molecular flexibility index (Phi) is 11.2. The van der Waals surface area contributed by atoms with E-state index in [1.54, 1.807) is 21.1 Å². The van der Waals surface area contributed by atoms with E-state index in [4.69, 9.17) is 4.55 Å². The maximum absolute atomic E-state index is 10.8. The van der Waals surface area contributed by atoms with E-state index in [0.29, 0.717) is 22.1 Å². The van der Waals surface area contributed by atoms with Gasteiger partial charge in [-0.25, -0.2) is 0 Å². The molecule has 3 unspecified atom stereocenters. The fourth-order valence-electron chi connectivity index (χ4n) is 2.85. The summed E-state index contributed by atoms with van der Waals surface area (Å²) >= 11 is -2.17. The van der Waals surface area contributed by atoms with Gasteiger partial charge in [0.05, 0.1) is 60.1 Å². The fourth-order valence-corrected chi connectivity index (χ4v) is 4.50. The average molecular weight is 444 g/mol. The van der Waals surface area contributed by atoms with Crippen LogP contribution < -0.4 is 5.11 Å². The third-order valence-corrected chi connectivity index (χ3v) is 5.05. The van der Waals surface area contributed by atoms with Gasteiger partial charge in [0.25, 0.3) is 10.1 Å². The second-order valence-electron chi connectivity index (χ2n) is 7.86. The summed E-state index contributed by atoms with van der Waals surface area (Å²) in [5.41, 5.74) is 0. The SMILES string of the molecule is C[N+](C)(C)CC(=O)[O-].C[N+]1(C)CC(CS(=O)[O-])C(CS(=O)(=O)O)C1.[Fe+3]. The molecule has 0 amide bonds. The molecule has 1 radical (unpaired) electrons. The summed E-state index contributed by atoms with van der Waals surface area (Å²) in [4.78, 5) is 9.89. The van der Waals surface area contributed by atoms with Crippen LogP contribution in [0.1, 0.15) is 0 Å². The van der Waals surface area contributed by atoms with E-state index in [9.17, 15) is 27.1 Å². The van der Waals surface area contributed by atoms with Gasteiger partial charge in [0.2, 0.25) is 0 Å². The Bertz CT molecular complexity index is 561. The summed E-state index contributed by atoms with van der Waals surface area (Å²) in [6.07, 6.45) is 0. The molecule has 1 rings (SSSR count). The first-order valence-electron chi connectivity index (χ1n) is 7.34. The van der Waals surface area contributed by atoms with Crippen LogP contribution in [0, 0.1) is 11.8 Å². The van der Waals surface area contributed by atoms with Crippen LogP contribution in [-0.4, -0.2) is 103 Å². The van der Waals surface area contributed by atoms with Gasteiger partial charge in [-0.15, -0.1) is 0 Å². The summed E-state index contributed by atoms with van der Waals surface area (Å²) in [6.45, 7) is 1.26. The molecule has 0 aromatic rings. The molecule has 9 nitrogen and oxygen atoms in total. The Morgan fingerprint density at radius 1 is 1.24 bits per heavy atom. The smallest absolute Gasteiger partial charge is 0.772 e. The molecule has 0 saturated carbocycles. The van der Waals surface area contributed by atoms with Crippen molar-refractivity contribution in [3.8, 4) is 0 Å². The van der Waals surface area contributed by atoms with Crippen molar-refractivity contribution in [2.75, 3.05) is 66.4 Å². The summed E-state index contributed by atoms with van der Waals surface area (Å²) < 4.78 is 52.8. The zero-order chi connectivity index (χ0) is 19.3. The number of hydrogen-bond acceptors (Lipinski definition) is 6. The molecule has 1 fully saturated rings. The van der Waals surface area contributed by atoms with Crippen LogP contribution in [0.4, 0.5) is 0 Å². The van der Waals surface area contributed by atoms with Gasteiger partial charge in [-0.2, -0.15) is 8.42 Å². The summed E-state index contributed by atoms with van der Waals surface area (Å²) in [6, 6.07) is 0. The summed E-state index contributed by atoms with van der Waals surface area (Å²) in [5.74, 6) is -1.88. The molecule has 1 aliphatic rings. The Morgan fingerprint density at radius 3 is 1.96 bits per heavy atom. The van der Waals surface area contributed by atoms with Crippen molar-refractivity contribution in [2.45, 2.75) is 0 Å². The second-order valence-corrected chi connectivity index (χ2v) is 10.3. The zero-order valence-electron chi connectivity index (χ0n) is 15.2. The van der Waals surface area contributed by atoms with E-state index < -0.39 is 27.2 Å². The van der Waals surface area contributed by atoms with Gasteiger partial charge in [0, 0.05) is 17.6 Å². The topological polar surface area (TPSA) is 135 Å². The molecular formula is C13H28FeN2O7S2+3. The monoisotopic (exact) mass is 444 g/mol. The molecule has 1 aliphatic heterocycles. The average Bonchev–Trinajstić information content (AvgIpc) is 2.45. The molecule has 0 spiro atoms. The first-order chi connectivity index (χ1) is 10.5. The first kappa shape index (κ1) is 27.2. The van der Waals surface area contributed by atoms with Crippen LogP contribution in [-0.2, 0) is 43.1 Å². The van der Waals surface area contributed by atoms with Crippen molar-refractivity contribution in [2.24, 2.45) is 11.8 Å². The molecule has 1 saturated heterocycles. The van der Waals surface area contributed by atoms with E-state index >= 15 is 0 Å². The number of hydrogen-bond donors (Lipinski definition) is 1. The van der Waals surface area contributed by atoms with Crippen LogP contribution in [0.2, 0.25) is 0 Å². The van der Waals surface area contributed by atoms with Crippen LogP contribution in [0.5, 0.6) is 0 Å². The minimum absolute atomic E-state index is 0. The first-order valence-corrected chi connectivity index (χ1v) is 10.2. The summed E-state index contributed by atoms with van der Waals surface area (Å²) in [5, 5.41) is 9.89. The molecule has 0 bridgehead atoms. The van der Waals surface area contributed by atoms with Crippen molar-refractivity contribution in [3.05, 3.63) is 0 Å². The molecule has 25 heavy (non-hydrogen) atoms. The van der Waals surface area contributed by atoms with Crippen LogP contribution in [0.3, 0.4) is 0 Å². The molecule has 0 aliphatic carbocycles. The minimum atomic E-state index is -4.04. The van der Waals surface area contributed by atoms with Gasteiger partial charge in [0.1, 0.15) is 6.54 Å². The molecular weight excluding hydrogens is 416 g/mol. The van der Waals surface area contributed by atoms with Crippen molar-refractivity contribution in [3.63, 3.8) is 0 Å². The fraction of sp³-hybridized carbons (Fsp3) is 0.923. The number of rotatable bonds is 6. The number of carboxylic acids is 1. The molecule has 0 aromatic carbocycles. The normalized spacial score (nSPS) is 23.8. The standard InChI is InChI=1S/C8H17NO5S2.C5H11NO2.Fe/c1-9(2)3-7(5-15(10)11)8(4-9)6-16(12,13)14;1-6(2,3)4-5(7)8;/h7-8H,3-6H2,1-2H3,(H-,10,11,12,13,14);4H2,1-3H3;/q;;+3. The molecule has 1 heterocycles. The molecule has 3 atom stereocenters. The Labute approximate surface area is 163 Å². The van der Waals surface area contributed by atoms with E-state index in [1.165, 1.54) is 0 Å². The number of likely N-dealkylation sites (tertiary alicyclic amines) is 1. The predicted molar refractivity (Wildman–Crippen MR) is 86.9 cm³/mol. The number of nitrogens with zero attached hydrogens (tertiary/aromatic N) is 2. The number of quaternary nitrogens is 2. The third-order valence-electron chi connectivity index (χ3n) is 3.50. The van der Waals surface area contributed by atoms with Gasteiger partial charge >= 0.3 is 17.1 Å². The van der Waals surface area contributed by atoms with Gasteiger partial charge in [-0.1, -0.05) is 11.1 Å². The van der Waals surface area contributed by atoms with E-state index in [0.717, 1.165) is 0 Å². The van der Waals surface area contributed by atoms with Crippen molar-refractivity contribution in [1.29, 1.82) is 0 Å². The van der Waals surface area contributed by atoms with E-state index in [1.807, 2.05) is 14.1 Å².